The van der Waals surface area contributed by atoms with Gasteiger partial charge in [-0.1, -0.05) is 0 Å². The fraction of sp³-hybridized carbons (Fsp3) is 0.308. The maximum Gasteiger partial charge on any atom is 0.146 e. The highest BCUT2D eigenvalue weighted by molar-refractivity contribution is 7.09. The molecular weight excluding hydrogens is 260 g/mol. The van der Waals surface area contributed by atoms with Gasteiger partial charge in [-0.2, -0.15) is 5.26 Å². The van der Waals surface area contributed by atoms with Crippen LogP contribution in [-0.4, -0.2) is 29.7 Å². The lowest BCUT2D eigenvalue weighted by Crippen LogP contribution is -2.39. The van der Waals surface area contributed by atoms with E-state index in [1.807, 2.05) is 5.38 Å². The molecule has 1 aliphatic rings. The van der Waals surface area contributed by atoms with Crippen LogP contribution >= 0.6 is 11.3 Å². The van der Waals surface area contributed by atoms with Crippen molar-refractivity contribution < 1.29 is 4.74 Å². The van der Waals surface area contributed by atoms with E-state index in [1.165, 1.54) is 0 Å². The van der Waals surface area contributed by atoms with E-state index in [2.05, 4.69) is 20.9 Å². The van der Waals surface area contributed by atoms with Crippen LogP contribution in [0.2, 0.25) is 0 Å². The van der Waals surface area contributed by atoms with Crippen LogP contribution in [-0.2, 0) is 4.74 Å². The van der Waals surface area contributed by atoms with Gasteiger partial charge in [-0.25, -0.2) is 9.97 Å². The van der Waals surface area contributed by atoms with Gasteiger partial charge in [0.25, 0.3) is 0 Å². The summed E-state index contributed by atoms with van der Waals surface area (Å²) >= 11 is 1.59. The lowest BCUT2D eigenvalue weighted by molar-refractivity contribution is 0.0393. The monoisotopic (exact) mass is 272 g/mol. The lowest BCUT2D eigenvalue weighted by Gasteiger charge is -2.33. The molecule has 0 aliphatic carbocycles. The predicted molar refractivity (Wildman–Crippen MR) is 72.0 cm³/mol. The summed E-state index contributed by atoms with van der Waals surface area (Å²) in [5.41, 5.74) is 0.599. The number of nitriles is 1. The molecule has 0 bridgehead atoms. The van der Waals surface area contributed by atoms with Gasteiger partial charge in [0.2, 0.25) is 0 Å². The minimum Gasteiger partial charge on any atom is -0.367 e. The van der Waals surface area contributed by atoms with Crippen molar-refractivity contribution in [1.29, 1.82) is 5.26 Å². The third kappa shape index (κ3) is 2.43. The number of rotatable bonds is 2. The molecule has 1 aliphatic heterocycles. The molecule has 6 heteroatoms. The normalized spacial score (nSPS) is 19.1. The number of hydrogen-bond donors (Lipinski definition) is 0. The highest BCUT2D eigenvalue weighted by Crippen LogP contribution is 2.27. The molecule has 1 saturated heterocycles. The number of hydrogen-bond acceptors (Lipinski definition) is 6. The standard InChI is InChI=1S/C13H12N4OS/c14-8-10-2-1-3-15-12(10)17-5-6-18-11(9-17)13-16-4-7-19-13/h1-4,7,11H,5-6,9H2. The number of thiazole rings is 1. The van der Waals surface area contributed by atoms with Gasteiger partial charge in [0, 0.05) is 24.3 Å². The molecule has 1 fully saturated rings. The van der Waals surface area contributed by atoms with E-state index in [0.29, 0.717) is 18.7 Å². The minimum absolute atomic E-state index is 0.0395. The second kappa shape index (κ2) is 5.34. The lowest BCUT2D eigenvalue weighted by atomic mass is 10.2. The van der Waals surface area contributed by atoms with Crippen molar-refractivity contribution in [2.24, 2.45) is 0 Å². The van der Waals surface area contributed by atoms with E-state index in [1.54, 1.807) is 35.9 Å². The van der Waals surface area contributed by atoms with Crippen LogP contribution in [0.3, 0.4) is 0 Å². The first-order valence-electron chi connectivity index (χ1n) is 5.99. The Kier molecular flexibility index (Phi) is 3.40. The van der Waals surface area contributed by atoms with Gasteiger partial charge in [-0.05, 0) is 12.1 Å². The largest absolute Gasteiger partial charge is 0.367 e. The van der Waals surface area contributed by atoms with E-state index in [0.717, 1.165) is 17.4 Å². The van der Waals surface area contributed by atoms with Crippen molar-refractivity contribution in [2.75, 3.05) is 24.6 Å². The van der Waals surface area contributed by atoms with Crippen molar-refractivity contribution in [3.8, 4) is 6.07 Å². The molecule has 1 atom stereocenters. The van der Waals surface area contributed by atoms with E-state index in [-0.39, 0.29) is 6.10 Å². The first-order valence-corrected chi connectivity index (χ1v) is 6.87. The molecule has 96 valence electrons. The van der Waals surface area contributed by atoms with Crippen LogP contribution < -0.4 is 4.90 Å². The minimum atomic E-state index is -0.0395. The number of pyridine rings is 1. The van der Waals surface area contributed by atoms with Crippen molar-refractivity contribution >= 4 is 17.2 Å². The zero-order chi connectivity index (χ0) is 13.1. The Morgan fingerprint density at radius 2 is 2.37 bits per heavy atom. The highest BCUT2D eigenvalue weighted by atomic mass is 32.1. The Morgan fingerprint density at radius 1 is 1.42 bits per heavy atom. The number of ether oxygens (including phenoxy) is 1. The van der Waals surface area contributed by atoms with Gasteiger partial charge >= 0.3 is 0 Å². The van der Waals surface area contributed by atoms with Gasteiger partial charge in [-0.3, -0.25) is 0 Å². The molecule has 2 aromatic heterocycles. The summed E-state index contributed by atoms with van der Waals surface area (Å²) in [6.45, 7) is 2.04. The quantitative estimate of drug-likeness (QED) is 0.836. The molecule has 0 spiro atoms. The van der Waals surface area contributed by atoms with Gasteiger partial charge in [0.1, 0.15) is 23.0 Å². The molecule has 0 N–H and O–H groups in total. The number of anilines is 1. The van der Waals surface area contributed by atoms with Crippen molar-refractivity contribution in [2.45, 2.75) is 6.10 Å². The smallest absolute Gasteiger partial charge is 0.146 e. The first kappa shape index (κ1) is 12.1. The first-order chi connectivity index (χ1) is 9.38. The Labute approximate surface area is 115 Å². The maximum atomic E-state index is 9.14. The predicted octanol–water partition coefficient (Wildman–Crippen LogP) is 1.99. The number of nitrogens with zero attached hydrogens (tertiary/aromatic N) is 4. The summed E-state index contributed by atoms with van der Waals surface area (Å²) in [6, 6.07) is 5.75. The molecule has 0 saturated carbocycles. The van der Waals surface area contributed by atoms with Crippen molar-refractivity contribution in [1.82, 2.24) is 9.97 Å². The second-order valence-electron chi connectivity index (χ2n) is 4.16. The molecule has 0 radical (unpaired) electrons. The van der Waals surface area contributed by atoms with Gasteiger partial charge in [0.05, 0.1) is 18.7 Å². The molecule has 2 aromatic rings. The third-order valence-electron chi connectivity index (χ3n) is 3.00. The van der Waals surface area contributed by atoms with E-state index < -0.39 is 0 Å². The zero-order valence-corrected chi connectivity index (χ0v) is 11.0. The molecule has 1 unspecified atom stereocenters. The van der Waals surface area contributed by atoms with Crippen molar-refractivity contribution in [3.63, 3.8) is 0 Å². The van der Waals surface area contributed by atoms with Crippen LogP contribution in [0.4, 0.5) is 5.82 Å². The summed E-state index contributed by atoms with van der Waals surface area (Å²) in [5.74, 6) is 0.731. The van der Waals surface area contributed by atoms with Crippen LogP contribution in [0.15, 0.2) is 29.9 Å². The molecule has 5 nitrogen and oxygen atoms in total. The zero-order valence-electron chi connectivity index (χ0n) is 10.2. The van der Waals surface area contributed by atoms with Gasteiger partial charge in [0.15, 0.2) is 0 Å². The Balaban J connectivity index is 1.84. The molecule has 0 aromatic carbocycles. The maximum absolute atomic E-state index is 9.14. The van der Waals surface area contributed by atoms with Gasteiger partial charge in [-0.15, -0.1) is 11.3 Å². The summed E-state index contributed by atoms with van der Waals surface area (Å²) < 4.78 is 5.74. The van der Waals surface area contributed by atoms with Crippen LogP contribution in [0.1, 0.15) is 16.7 Å². The Hall–Kier alpha value is -1.97. The van der Waals surface area contributed by atoms with E-state index >= 15 is 0 Å². The summed E-state index contributed by atoms with van der Waals surface area (Å²) in [6.07, 6.45) is 3.45. The van der Waals surface area contributed by atoms with Crippen LogP contribution in [0.5, 0.6) is 0 Å². The number of morpholine rings is 1. The molecule has 3 rings (SSSR count). The van der Waals surface area contributed by atoms with Crippen molar-refractivity contribution in [3.05, 3.63) is 40.5 Å². The van der Waals surface area contributed by atoms with E-state index in [4.69, 9.17) is 10.00 Å². The Morgan fingerprint density at radius 3 is 3.16 bits per heavy atom. The highest BCUT2D eigenvalue weighted by Gasteiger charge is 2.25. The number of aromatic nitrogens is 2. The third-order valence-corrected chi connectivity index (χ3v) is 3.87. The molecular formula is C13H12N4OS. The second-order valence-corrected chi connectivity index (χ2v) is 5.09. The van der Waals surface area contributed by atoms with Crippen LogP contribution in [0.25, 0.3) is 0 Å². The summed E-state index contributed by atoms with van der Waals surface area (Å²) in [7, 11) is 0. The Bertz CT molecular complexity index is 593. The topological polar surface area (TPSA) is 62.0 Å². The molecule has 3 heterocycles. The SMILES string of the molecule is N#Cc1cccnc1N1CCOC(c2nccs2)C1. The van der Waals surface area contributed by atoms with Crippen LogP contribution in [0, 0.1) is 11.3 Å². The fourth-order valence-electron chi connectivity index (χ4n) is 2.12. The summed E-state index contributed by atoms with van der Waals surface area (Å²) in [4.78, 5) is 10.7. The fourth-order valence-corrected chi connectivity index (χ4v) is 2.80. The molecule has 19 heavy (non-hydrogen) atoms. The van der Waals surface area contributed by atoms with E-state index in [9.17, 15) is 0 Å². The average molecular weight is 272 g/mol. The molecule has 0 amide bonds. The van der Waals surface area contributed by atoms with Gasteiger partial charge < -0.3 is 9.64 Å². The summed E-state index contributed by atoms with van der Waals surface area (Å²) in [5, 5.41) is 12.1. The average Bonchev–Trinajstić information content (AvgIpc) is 3.01.